The van der Waals surface area contributed by atoms with Crippen molar-refractivity contribution >= 4 is 44.8 Å². The molecule has 0 bridgehead atoms. The number of hydrogen-bond acceptors (Lipinski definition) is 5. The van der Waals surface area contributed by atoms with E-state index in [1.54, 1.807) is 17.7 Å². The summed E-state index contributed by atoms with van der Waals surface area (Å²) >= 11 is 2.40. The van der Waals surface area contributed by atoms with Crippen LogP contribution in [0.15, 0.2) is 44.8 Å². The van der Waals surface area contributed by atoms with Crippen LogP contribution in [-0.2, 0) is 10.0 Å². The van der Waals surface area contributed by atoms with Gasteiger partial charge in [0.25, 0.3) is 10.0 Å². The highest BCUT2D eigenvalue weighted by Gasteiger charge is 2.17. The first-order valence-electron chi connectivity index (χ1n) is 5.41. The van der Waals surface area contributed by atoms with Gasteiger partial charge in [-0.3, -0.25) is 4.72 Å². The zero-order chi connectivity index (χ0) is 14.8. The molecular weight excluding hydrogens is 318 g/mol. The highest BCUT2D eigenvalue weighted by Crippen LogP contribution is 2.29. The van der Waals surface area contributed by atoms with Crippen molar-refractivity contribution in [3.63, 3.8) is 0 Å². The molecule has 2 aromatic rings. The van der Waals surface area contributed by atoms with Gasteiger partial charge in [0.15, 0.2) is 0 Å². The second-order valence-electron chi connectivity index (χ2n) is 3.76. The largest absolute Gasteiger partial charge is 0.478 e. The number of nitrogens with one attached hydrogen (secondary N) is 1. The molecule has 0 saturated carbocycles. The molecule has 0 spiro atoms. The van der Waals surface area contributed by atoms with E-state index in [-0.39, 0.29) is 9.77 Å². The average molecular weight is 329 g/mol. The fourth-order valence-electron chi connectivity index (χ4n) is 1.52. The number of thioether (sulfide) groups is 1. The van der Waals surface area contributed by atoms with E-state index >= 15 is 0 Å². The Bertz CT molecular complexity index is 723. The van der Waals surface area contributed by atoms with Gasteiger partial charge in [-0.05, 0) is 35.9 Å². The van der Waals surface area contributed by atoms with Crippen molar-refractivity contribution in [3.8, 4) is 0 Å². The second kappa shape index (κ2) is 5.86. The van der Waals surface area contributed by atoms with Gasteiger partial charge in [0.1, 0.15) is 4.21 Å². The molecule has 20 heavy (non-hydrogen) atoms. The third-order valence-electron chi connectivity index (χ3n) is 2.45. The molecule has 0 unspecified atom stereocenters. The average Bonchev–Trinajstić information content (AvgIpc) is 2.93. The van der Waals surface area contributed by atoms with Gasteiger partial charge in [0, 0.05) is 4.90 Å². The molecule has 1 aromatic heterocycles. The van der Waals surface area contributed by atoms with Crippen LogP contribution in [0.3, 0.4) is 0 Å². The minimum absolute atomic E-state index is 0.119. The van der Waals surface area contributed by atoms with Crippen molar-refractivity contribution in [2.45, 2.75) is 9.10 Å². The minimum Gasteiger partial charge on any atom is -0.478 e. The molecule has 2 N–H and O–H groups in total. The highest BCUT2D eigenvalue weighted by molar-refractivity contribution is 7.99. The summed E-state index contributed by atoms with van der Waals surface area (Å²) < 4.78 is 26.9. The number of carboxylic acid groups (broad SMARTS) is 1. The molecule has 1 aromatic carbocycles. The van der Waals surface area contributed by atoms with Crippen molar-refractivity contribution in [1.82, 2.24) is 0 Å². The SMILES string of the molecule is CSc1cc(C(=O)O)ccc1NS(=O)(=O)c1cccs1. The molecule has 0 radical (unpaired) electrons. The van der Waals surface area contributed by atoms with E-state index in [1.807, 2.05) is 0 Å². The van der Waals surface area contributed by atoms with E-state index in [4.69, 9.17) is 5.11 Å². The molecule has 106 valence electrons. The summed E-state index contributed by atoms with van der Waals surface area (Å²) in [4.78, 5) is 11.5. The molecule has 2 rings (SSSR count). The first-order valence-corrected chi connectivity index (χ1v) is 9.00. The molecule has 8 heteroatoms. The van der Waals surface area contributed by atoms with Gasteiger partial charge in [0.2, 0.25) is 0 Å². The van der Waals surface area contributed by atoms with Gasteiger partial charge in [0.05, 0.1) is 11.3 Å². The standard InChI is InChI=1S/C12H11NO4S3/c1-18-10-7-8(12(14)15)4-5-9(10)13-20(16,17)11-3-2-6-19-11/h2-7,13H,1H3,(H,14,15). The Morgan fingerprint density at radius 3 is 2.65 bits per heavy atom. The Kier molecular flexibility index (Phi) is 4.36. The van der Waals surface area contributed by atoms with Crippen LogP contribution in [0.5, 0.6) is 0 Å². The lowest BCUT2D eigenvalue weighted by atomic mass is 10.2. The Labute approximate surface area is 124 Å². The fraction of sp³-hybridized carbons (Fsp3) is 0.0833. The number of anilines is 1. The monoisotopic (exact) mass is 329 g/mol. The second-order valence-corrected chi connectivity index (χ2v) is 7.46. The number of sulfonamides is 1. The van der Waals surface area contributed by atoms with Gasteiger partial charge in [-0.25, -0.2) is 13.2 Å². The zero-order valence-electron chi connectivity index (χ0n) is 10.4. The summed E-state index contributed by atoms with van der Waals surface area (Å²) in [7, 11) is -3.63. The molecule has 0 aliphatic rings. The Balaban J connectivity index is 2.37. The maximum Gasteiger partial charge on any atom is 0.335 e. The zero-order valence-corrected chi connectivity index (χ0v) is 12.8. The van der Waals surface area contributed by atoms with Crippen molar-refractivity contribution in [2.75, 3.05) is 11.0 Å². The van der Waals surface area contributed by atoms with Crippen LogP contribution >= 0.6 is 23.1 Å². The predicted molar refractivity (Wildman–Crippen MR) is 80.3 cm³/mol. The maximum absolute atomic E-state index is 12.1. The number of aromatic carboxylic acids is 1. The smallest absolute Gasteiger partial charge is 0.335 e. The lowest BCUT2D eigenvalue weighted by Crippen LogP contribution is -2.12. The van der Waals surface area contributed by atoms with E-state index in [0.29, 0.717) is 10.6 Å². The van der Waals surface area contributed by atoms with E-state index in [0.717, 1.165) is 11.3 Å². The van der Waals surface area contributed by atoms with E-state index in [2.05, 4.69) is 4.72 Å². The number of carboxylic acids is 1. The van der Waals surface area contributed by atoms with Crippen LogP contribution in [0.25, 0.3) is 0 Å². The van der Waals surface area contributed by atoms with Crippen LogP contribution < -0.4 is 4.72 Å². The number of carbonyl (C=O) groups is 1. The summed E-state index contributed by atoms with van der Waals surface area (Å²) in [6.07, 6.45) is 1.75. The van der Waals surface area contributed by atoms with Gasteiger partial charge in [-0.2, -0.15) is 0 Å². The molecule has 1 heterocycles. The van der Waals surface area contributed by atoms with Crippen LogP contribution in [0.4, 0.5) is 5.69 Å². The Hall–Kier alpha value is -1.51. The summed E-state index contributed by atoms with van der Waals surface area (Å²) in [6, 6.07) is 7.44. The number of benzene rings is 1. The third kappa shape index (κ3) is 3.14. The minimum atomic E-state index is -3.63. The molecule has 0 aliphatic heterocycles. The quantitative estimate of drug-likeness (QED) is 0.824. The number of rotatable bonds is 5. The lowest BCUT2D eigenvalue weighted by molar-refractivity contribution is 0.0696. The molecule has 0 saturated heterocycles. The molecule has 5 nitrogen and oxygen atoms in total. The van der Waals surface area contributed by atoms with Crippen LogP contribution in [-0.4, -0.2) is 25.7 Å². The topological polar surface area (TPSA) is 83.5 Å². The number of hydrogen-bond donors (Lipinski definition) is 2. The summed E-state index contributed by atoms with van der Waals surface area (Å²) in [6.45, 7) is 0. The first kappa shape index (κ1) is 14.9. The summed E-state index contributed by atoms with van der Waals surface area (Å²) in [5.41, 5.74) is 0.490. The molecule has 0 amide bonds. The molecule has 0 aliphatic carbocycles. The van der Waals surface area contributed by atoms with Crippen LogP contribution in [0.2, 0.25) is 0 Å². The lowest BCUT2D eigenvalue weighted by Gasteiger charge is -2.11. The maximum atomic E-state index is 12.1. The van der Waals surface area contributed by atoms with Gasteiger partial charge in [-0.1, -0.05) is 6.07 Å². The first-order chi connectivity index (χ1) is 9.44. The van der Waals surface area contributed by atoms with Crippen molar-refractivity contribution in [2.24, 2.45) is 0 Å². The normalized spacial score (nSPS) is 11.2. The Morgan fingerprint density at radius 2 is 2.10 bits per heavy atom. The van der Waals surface area contributed by atoms with Crippen molar-refractivity contribution < 1.29 is 18.3 Å². The number of thiophene rings is 1. The molecular formula is C12H11NO4S3. The highest BCUT2D eigenvalue weighted by atomic mass is 32.2. The van der Waals surface area contributed by atoms with E-state index in [1.165, 1.54) is 36.0 Å². The van der Waals surface area contributed by atoms with Crippen molar-refractivity contribution in [3.05, 3.63) is 41.3 Å². The molecule has 0 atom stereocenters. The molecule has 0 fully saturated rings. The van der Waals surface area contributed by atoms with Crippen molar-refractivity contribution in [1.29, 1.82) is 0 Å². The fourth-order valence-corrected chi connectivity index (χ4v) is 4.24. The Morgan fingerprint density at radius 1 is 1.35 bits per heavy atom. The van der Waals surface area contributed by atoms with Gasteiger partial charge < -0.3 is 5.11 Å². The van der Waals surface area contributed by atoms with E-state index in [9.17, 15) is 13.2 Å². The summed E-state index contributed by atoms with van der Waals surface area (Å²) in [5.74, 6) is -1.05. The third-order valence-corrected chi connectivity index (χ3v) is 5.99. The predicted octanol–water partition coefficient (Wildman–Crippen LogP) is 2.97. The van der Waals surface area contributed by atoms with Gasteiger partial charge >= 0.3 is 5.97 Å². The van der Waals surface area contributed by atoms with E-state index < -0.39 is 16.0 Å². The van der Waals surface area contributed by atoms with Crippen LogP contribution in [0.1, 0.15) is 10.4 Å². The van der Waals surface area contributed by atoms with Crippen LogP contribution in [0, 0.1) is 0 Å². The van der Waals surface area contributed by atoms with Gasteiger partial charge in [-0.15, -0.1) is 23.1 Å². The summed E-state index contributed by atoms with van der Waals surface area (Å²) in [5, 5.41) is 10.6.